The normalized spacial score (nSPS) is 20.8. The summed E-state index contributed by atoms with van der Waals surface area (Å²) in [5, 5.41) is 3.29. The zero-order valence-corrected chi connectivity index (χ0v) is 8.06. The minimum atomic E-state index is 0.381. The largest absolute Gasteiger partial charge is 0.467 e. The van der Waals surface area contributed by atoms with Gasteiger partial charge >= 0.3 is 6.01 Å². The molecule has 0 aliphatic carbocycles. The van der Waals surface area contributed by atoms with Crippen LogP contribution in [0.2, 0.25) is 0 Å². The quantitative estimate of drug-likeness (QED) is 0.768. The first-order valence-corrected chi connectivity index (χ1v) is 4.59. The number of aromatic nitrogens is 2. The minimum absolute atomic E-state index is 0.381. The van der Waals surface area contributed by atoms with Gasteiger partial charge in [-0.25, -0.2) is 9.97 Å². The fourth-order valence-corrected chi connectivity index (χ4v) is 1.38. The molecule has 0 radical (unpaired) electrons. The molecule has 2 heterocycles. The summed E-state index contributed by atoms with van der Waals surface area (Å²) >= 11 is 0. The van der Waals surface area contributed by atoms with E-state index in [1.165, 1.54) is 0 Å². The third-order valence-corrected chi connectivity index (χ3v) is 2.11. The Morgan fingerprint density at radius 3 is 2.86 bits per heavy atom. The molecule has 5 nitrogen and oxygen atoms in total. The zero-order valence-electron chi connectivity index (χ0n) is 8.06. The van der Waals surface area contributed by atoms with E-state index in [9.17, 15) is 0 Å². The van der Waals surface area contributed by atoms with Crippen molar-refractivity contribution in [1.82, 2.24) is 9.97 Å². The van der Waals surface area contributed by atoms with Gasteiger partial charge in [0.25, 0.3) is 0 Å². The Balaban J connectivity index is 1.95. The van der Waals surface area contributed by atoms with Crippen LogP contribution in [0.1, 0.15) is 6.42 Å². The van der Waals surface area contributed by atoms with Crippen LogP contribution in [0.5, 0.6) is 6.01 Å². The van der Waals surface area contributed by atoms with Crippen LogP contribution in [-0.4, -0.2) is 36.3 Å². The highest BCUT2D eigenvalue weighted by Crippen LogP contribution is 2.12. The van der Waals surface area contributed by atoms with Crippen molar-refractivity contribution in [2.24, 2.45) is 0 Å². The number of rotatable bonds is 3. The van der Waals surface area contributed by atoms with Gasteiger partial charge in [-0.2, -0.15) is 0 Å². The van der Waals surface area contributed by atoms with Crippen LogP contribution < -0.4 is 10.1 Å². The number of hydrogen-bond donors (Lipinski definition) is 1. The van der Waals surface area contributed by atoms with Gasteiger partial charge in [-0.05, 0) is 6.42 Å². The van der Waals surface area contributed by atoms with E-state index in [1.807, 2.05) is 0 Å². The van der Waals surface area contributed by atoms with Crippen molar-refractivity contribution in [2.75, 3.05) is 25.6 Å². The summed E-state index contributed by atoms with van der Waals surface area (Å²) < 4.78 is 10.1. The first-order valence-electron chi connectivity index (χ1n) is 4.59. The molecule has 0 spiro atoms. The molecule has 5 heteroatoms. The average molecular weight is 195 g/mol. The summed E-state index contributed by atoms with van der Waals surface area (Å²) in [5.74, 6) is 0. The van der Waals surface area contributed by atoms with Gasteiger partial charge < -0.3 is 14.8 Å². The molecule has 0 bridgehead atoms. The van der Waals surface area contributed by atoms with E-state index in [0.29, 0.717) is 12.1 Å². The second kappa shape index (κ2) is 4.23. The van der Waals surface area contributed by atoms with Gasteiger partial charge in [0.2, 0.25) is 0 Å². The minimum Gasteiger partial charge on any atom is -0.467 e. The Morgan fingerprint density at radius 2 is 2.29 bits per heavy atom. The average Bonchev–Trinajstić information content (AvgIpc) is 2.72. The van der Waals surface area contributed by atoms with Gasteiger partial charge in [-0.1, -0.05) is 0 Å². The Labute approximate surface area is 82.5 Å². The number of anilines is 1. The van der Waals surface area contributed by atoms with Crippen molar-refractivity contribution >= 4 is 5.69 Å². The topological polar surface area (TPSA) is 56.3 Å². The van der Waals surface area contributed by atoms with Crippen LogP contribution in [0.4, 0.5) is 5.69 Å². The van der Waals surface area contributed by atoms with Crippen molar-refractivity contribution in [1.29, 1.82) is 0 Å². The highest BCUT2D eigenvalue weighted by molar-refractivity contribution is 5.39. The maximum Gasteiger partial charge on any atom is 0.316 e. The van der Waals surface area contributed by atoms with Crippen LogP contribution in [0.25, 0.3) is 0 Å². The third kappa shape index (κ3) is 2.11. The lowest BCUT2D eigenvalue weighted by Crippen LogP contribution is -2.19. The van der Waals surface area contributed by atoms with Crippen molar-refractivity contribution in [3.05, 3.63) is 12.4 Å². The number of nitrogens with one attached hydrogen (secondary N) is 1. The van der Waals surface area contributed by atoms with Crippen molar-refractivity contribution in [3.63, 3.8) is 0 Å². The van der Waals surface area contributed by atoms with Crippen molar-refractivity contribution < 1.29 is 9.47 Å². The Hall–Kier alpha value is -1.36. The number of methoxy groups -OCH3 is 1. The second-order valence-electron chi connectivity index (χ2n) is 3.16. The molecule has 1 N–H and O–H groups in total. The van der Waals surface area contributed by atoms with Gasteiger partial charge in [0.15, 0.2) is 0 Å². The van der Waals surface area contributed by atoms with Gasteiger partial charge in [-0.3, -0.25) is 0 Å². The molecule has 14 heavy (non-hydrogen) atoms. The van der Waals surface area contributed by atoms with E-state index in [0.717, 1.165) is 25.3 Å². The molecule has 1 unspecified atom stereocenters. The van der Waals surface area contributed by atoms with E-state index < -0.39 is 0 Å². The Morgan fingerprint density at radius 1 is 1.50 bits per heavy atom. The highest BCUT2D eigenvalue weighted by atomic mass is 16.5. The molecule has 0 aromatic carbocycles. The monoisotopic (exact) mass is 195 g/mol. The molecule has 0 amide bonds. The first kappa shape index (κ1) is 9.21. The van der Waals surface area contributed by atoms with Gasteiger partial charge in [0.05, 0.1) is 37.8 Å². The molecule has 2 rings (SSSR count). The molecule has 1 aromatic heterocycles. The summed E-state index contributed by atoms with van der Waals surface area (Å²) in [6.45, 7) is 1.58. The van der Waals surface area contributed by atoms with Crippen molar-refractivity contribution in [3.8, 4) is 6.01 Å². The van der Waals surface area contributed by atoms with Gasteiger partial charge in [0, 0.05) is 6.61 Å². The third-order valence-electron chi connectivity index (χ3n) is 2.11. The maximum atomic E-state index is 5.25. The van der Waals surface area contributed by atoms with Crippen LogP contribution in [0.3, 0.4) is 0 Å². The fraction of sp³-hybridized carbons (Fsp3) is 0.556. The summed E-state index contributed by atoms with van der Waals surface area (Å²) in [5.41, 5.74) is 0.904. The molecule has 1 aliphatic rings. The molecule has 1 aromatic rings. The van der Waals surface area contributed by atoms with Crippen LogP contribution >= 0.6 is 0 Å². The van der Waals surface area contributed by atoms with E-state index in [-0.39, 0.29) is 0 Å². The van der Waals surface area contributed by atoms with Crippen LogP contribution in [0, 0.1) is 0 Å². The van der Waals surface area contributed by atoms with E-state index in [1.54, 1.807) is 19.5 Å². The lowest BCUT2D eigenvalue weighted by atomic mass is 10.2. The SMILES string of the molecule is COc1ncc(NC2CCOC2)cn1. The molecule has 1 fully saturated rings. The predicted octanol–water partition coefficient (Wildman–Crippen LogP) is 0.686. The molecular weight excluding hydrogens is 182 g/mol. The first-order chi connectivity index (χ1) is 6.88. The Kier molecular flexibility index (Phi) is 2.78. The van der Waals surface area contributed by atoms with E-state index >= 15 is 0 Å². The maximum absolute atomic E-state index is 5.25. The standard InChI is InChI=1S/C9H13N3O2/c1-13-9-10-4-8(5-11-9)12-7-2-3-14-6-7/h4-5,7,12H,2-3,6H2,1H3. The highest BCUT2D eigenvalue weighted by Gasteiger charge is 2.15. The molecule has 0 saturated carbocycles. The summed E-state index contributed by atoms with van der Waals surface area (Å²) in [6.07, 6.45) is 4.46. The summed E-state index contributed by atoms with van der Waals surface area (Å²) in [6, 6.07) is 0.769. The number of ether oxygens (including phenoxy) is 2. The molecule has 76 valence electrons. The van der Waals surface area contributed by atoms with Crippen LogP contribution in [0.15, 0.2) is 12.4 Å². The second-order valence-corrected chi connectivity index (χ2v) is 3.16. The predicted molar refractivity (Wildman–Crippen MR) is 51.4 cm³/mol. The zero-order chi connectivity index (χ0) is 9.80. The fourth-order valence-electron chi connectivity index (χ4n) is 1.38. The molecule has 1 atom stereocenters. The van der Waals surface area contributed by atoms with Gasteiger partial charge in [0.1, 0.15) is 0 Å². The summed E-state index contributed by atoms with van der Waals surface area (Å²) in [4.78, 5) is 8.01. The van der Waals surface area contributed by atoms with E-state index in [4.69, 9.17) is 9.47 Å². The van der Waals surface area contributed by atoms with Crippen molar-refractivity contribution in [2.45, 2.75) is 12.5 Å². The summed E-state index contributed by atoms with van der Waals surface area (Å²) in [7, 11) is 1.55. The number of hydrogen-bond acceptors (Lipinski definition) is 5. The lowest BCUT2D eigenvalue weighted by Gasteiger charge is -2.10. The van der Waals surface area contributed by atoms with Crippen LogP contribution in [-0.2, 0) is 4.74 Å². The smallest absolute Gasteiger partial charge is 0.316 e. The lowest BCUT2D eigenvalue weighted by molar-refractivity contribution is 0.195. The van der Waals surface area contributed by atoms with Gasteiger partial charge in [-0.15, -0.1) is 0 Å². The number of nitrogens with zero attached hydrogens (tertiary/aromatic N) is 2. The molecule has 1 saturated heterocycles. The van der Waals surface area contributed by atoms with E-state index in [2.05, 4.69) is 15.3 Å². The molecule has 1 aliphatic heterocycles. The molecular formula is C9H13N3O2. The Bertz CT molecular complexity index is 283.